The number of piperidine rings is 1. The summed E-state index contributed by atoms with van der Waals surface area (Å²) in [4.78, 5) is 45.4. The fourth-order valence-corrected chi connectivity index (χ4v) is 5.45. The normalized spacial score (nSPS) is 16.8. The van der Waals surface area contributed by atoms with Crippen molar-refractivity contribution in [1.29, 1.82) is 0 Å². The Kier molecular flexibility index (Phi) is 7.02. The van der Waals surface area contributed by atoms with Crippen molar-refractivity contribution in [2.45, 2.75) is 25.3 Å². The number of amides is 3. The number of likely N-dealkylation sites (tertiary alicyclic amines) is 1. The number of carbonyl (C=O) groups is 3. The standard InChI is InChI=1S/C29H29BrN4O3/c1-21-7-13-24(14-8-21)31-26(35)19-33-20-34(25-5-3-2-4-6-25)29(28(33)37)15-17-32(18-16-29)27(36)22-9-11-23(30)12-10-22/h2-14H,15-20H2,1H3,(H,31,35). The van der Waals surface area contributed by atoms with Gasteiger partial charge in [-0.3, -0.25) is 14.4 Å². The lowest BCUT2D eigenvalue weighted by Crippen LogP contribution is -2.57. The second-order valence-electron chi connectivity index (χ2n) is 9.65. The van der Waals surface area contributed by atoms with Crippen molar-refractivity contribution in [2.75, 3.05) is 36.5 Å². The van der Waals surface area contributed by atoms with Crippen LogP contribution in [-0.2, 0) is 9.59 Å². The van der Waals surface area contributed by atoms with E-state index in [2.05, 4.69) is 26.1 Å². The van der Waals surface area contributed by atoms with Crippen molar-refractivity contribution in [3.63, 3.8) is 0 Å². The van der Waals surface area contributed by atoms with Gasteiger partial charge >= 0.3 is 0 Å². The van der Waals surface area contributed by atoms with E-state index in [0.717, 1.165) is 15.7 Å². The summed E-state index contributed by atoms with van der Waals surface area (Å²) in [5.41, 5.74) is 2.59. The van der Waals surface area contributed by atoms with E-state index in [4.69, 9.17) is 0 Å². The number of nitrogens with one attached hydrogen (secondary N) is 1. The first-order valence-electron chi connectivity index (χ1n) is 12.4. The average molecular weight is 561 g/mol. The van der Waals surface area contributed by atoms with Crippen LogP contribution < -0.4 is 10.2 Å². The molecule has 2 heterocycles. The van der Waals surface area contributed by atoms with E-state index in [0.29, 0.717) is 43.9 Å². The third kappa shape index (κ3) is 5.11. The van der Waals surface area contributed by atoms with Crippen LogP contribution >= 0.6 is 15.9 Å². The van der Waals surface area contributed by atoms with Crippen LogP contribution in [0.25, 0.3) is 0 Å². The minimum Gasteiger partial charge on any atom is -0.339 e. The van der Waals surface area contributed by atoms with Crippen molar-refractivity contribution in [1.82, 2.24) is 9.80 Å². The number of nitrogens with zero attached hydrogens (tertiary/aromatic N) is 3. The van der Waals surface area contributed by atoms with Gasteiger partial charge < -0.3 is 20.0 Å². The van der Waals surface area contributed by atoms with Crippen molar-refractivity contribution in [2.24, 2.45) is 0 Å². The first-order chi connectivity index (χ1) is 17.9. The fourth-order valence-electron chi connectivity index (χ4n) is 5.19. The molecule has 0 aromatic heterocycles. The largest absolute Gasteiger partial charge is 0.339 e. The molecule has 3 amide bonds. The number of carbonyl (C=O) groups excluding carboxylic acids is 3. The molecule has 0 aliphatic carbocycles. The van der Waals surface area contributed by atoms with Crippen LogP contribution in [0.15, 0.2) is 83.3 Å². The van der Waals surface area contributed by atoms with Crippen molar-refractivity contribution >= 4 is 45.0 Å². The molecule has 190 valence electrons. The Labute approximate surface area is 225 Å². The molecule has 0 bridgehead atoms. The highest BCUT2D eigenvalue weighted by Gasteiger charge is 2.54. The zero-order chi connectivity index (χ0) is 26.0. The lowest BCUT2D eigenvalue weighted by molar-refractivity contribution is -0.136. The molecule has 1 spiro atoms. The summed E-state index contributed by atoms with van der Waals surface area (Å²) in [6, 6.07) is 24.7. The van der Waals surface area contributed by atoms with Gasteiger partial charge in [0.25, 0.3) is 11.8 Å². The van der Waals surface area contributed by atoms with Gasteiger partial charge in [-0.25, -0.2) is 0 Å². The third-order valence-electron chi connectivity index (χ3n) is 7.22. The van der Waals surface area contributed by atoms with Crippen LogP contribution in [0.3, 0.4) is 0 Å². The lowest BCUT2D eigenvalue weighted by atomic mass is 9.85. The number of benzene rings is 3. The summed E-state index contributed by atoms with van der Waals surface area (Å²) in [5, 5.41) is 2.90. The van der Waals surface area contributed by atoms with E-state index in [-0.39, 0.29) is 24.3 Å². The second kappa shape index (κ2) is 10.4. The number of rotatable bonds is 5. The van der Waals surface area contributed by atoms with Crippen LogP contribution in [0.1, 0.15) is 28.8 Å². The Bertz CT molecular complexity index is 1290. The predicted molar refractivity (Wildman–Crippen MR) is 147 cm³/mol. The van der Waals surface area contributed by atoms with Crippen LogP contribution in [0.2, 0.25) is 0 Å². The maximum atomic E-state index is 13.9. The van der Waals surface area contributed by atoms with Gasteiger partial charge in [0, 0.05) is 34.5 Å². The first kappa shape index (κ1) is 25.0. The number of halogens is 1. The second-order valence-corrected chi connectivity index (χ2v) is 10.6. The summed E-state index contributed by atoms with van der Waals surface area (Å²) in [6.45, 7) is 3.22. The maximum Gasteiger partial charge on any atom is 0.253 e. The molecule has 0 unspecified atom stereocenters. The monoisotopic (exact) mass is 560 g/mol. The molecule has 37 heavy (non-hydrogen) atoms. The molecule has 3 aromatic carbocycles. The molecule has 1 N–H and O–H groups in total. The fraction of sp³-hybridized carbons (Fsp3) is 0.276. The van der Waals surface area contributed by atoms with E-state index >= 15 is 0 Å². The molecule has 2 saturated heterocycles. The Hall–Kier alpha value is -3.65. The van der Waals surface area contributed by atoms with E-state index in [1.807, 2.05) is 90.7 Å². The van der Waals surface area contributed by atoms with Crippen molar-refractivity contribution in [3.05, 3.63) is 94.5 Å². The Morgan fingerprint density at radius 2 is 1.57 bits per heavy atom. The summed E-state index contributed by atoms with van der Waals surface area (Å²) in [5.74, 6) is -0.329. The zero-order valence-electron chi connectivity index (χ0n) is 20.7. The van der Waals surface area contributed by atoms with Crippen molar-refractivity contribution in [3.8, 4) is 0 Å². The molecule has 5 rings (SSSR count). The molecule has 0 saturated carbocycles. The third-order valence-corrected chi connectivity index (χ3v) is 7.75. The topological polar surface area (TPSA) is 73.0 Å². The Morgan fingerprint density at radius 1 is 0.919 bits per heavy atom. The van der Waals surface area contributed by atoms with Gasteiger partial charge in [-0.2, -0.15) is 0 Å². The van der Waals surface area contributed by atoms with E-state index in [1.165, 1.54) is 0 Å². The Morgan fingerprint density at radius 3 is 2.22 bits per heavy atom. The molecule has 7 nitrogen and oxygen atoms in total. The summed E-state index contributed by atoms with van der Waals surface area (Å²) in [6.07, 6.45) is 0.998. The summed E-state index contributed by atoms with van der Waals surface area (Å²) >= 11 is 3.41. The van der Waals surface area contributed by atoms with Crippen molar-refractivity contribution < 1.29 is 14.4 Å². The predicted octanol–water partition coefficient (Wildman–Crippen LogP) is 4.68. The van der Waals surface area contributed by atoms with Gasteiger partial charge in [-0.15, -0.1) is 0 Å². The van der Waals surface area contributed by atoms with Gasteiger partial charge in [0.05, 0.1) is 6.67 Å². The molecule has 3 aromatic rings. The quantitative estimate of drug-likeness (QED) is 0.492. The van der Waals surface area contributed by atoms with Crippen LogP contribution in [-0.4, -0.2) is 59.4 Å². The van der Waals surface area contributed by atoms with Gasteiger partial charge in [0.1, 0.15) is 12.1 Å². The minimum atomic E-state index is -0.790. The minimum absolute atomic E-state index is 0.0284. The van der Waals surface area contributed by atoms with Gasteiger partial charge in [0.15, 0.2) is 0 Å². The zero-order valence-corrected chi connectivity index (χ0v) is 22.3. The summed E-state index contributed by atoms with van der Waals surface area (Å²) < 4.78 is 0.920. The molecular formula is C29H29BrN4O3. The van der Waals surface area contributed by atoms with Gasteiger partial charge in [0.2, 0.25) is 5.91 Å². The van der Waals surface area contributed by atoms with Gasteiger partial charge in [-0.1, -0.05) is 51.8 Å². The number of aryl methyl sites for hydroxylation is 1. The molecule has 2 fully saturated rings. The van der Waals surface area contributed by atoms with E-state index in [1.54, 1.807) is 4.90 Å². The summed E-state index contributed by atoms with van der Waals surface area (Å²) in [7, 11) is 0. The molecule has 0 atom stereocenters. The average Bonchev–Trinajstić information content (AvgIpc) is 3.17. The highest BCUT2D eigenvalue weighted by Crippen LogP contribution is 2.39. The number of para-hydroxylation sites is 1. The van der Waals surface area contributed by atoms with E-state index in [9.17, 15) is 14.4 Å². The maximum absolute atomic E-state index is 13.9. The number of hydrogen-bond acceptors (Lipinski definition) is 4. The molecule has 8 heteroatoms. The molecule has 2 aliphatic heterocycles. The highest BCUT2D eigenvalue weighted by molar-refractivity contribution is 9.10. The smallest absolute Gasteiger partial charge is 0.253 e. The van der Waals surface area contributed by atoms with Crippen LogP contribution in [0.4, 0.5) is 11.4 Å². The highest BCUT2D eigenvalue weighted by atomic mass is 79.9. The van der Waals surface area contributed by atoms with Crippen LogP contribution in [0.5, 0.6) is 0 Å². The van der Waals surface area contributed by atoms with Gasteiger partial charge in [-0.05, 0) is 68.3 Å². The lowest BCUT2D eigenvalue weighted by Gasteiger charge is -2.43. The number of hydrogen-bond donors (Lipinski definition) is 1. The Balaban J connectivity index is 1.33. The first-order valence-corrected chi connectivity index (χ1v) is 13.2. The molecule has 0 radical (unpaired) electrons. The molecule has 2 aliphatic rings. The number of anilines is 2. The van der Waals surface area contributed by atoms with E-state index < -0.39 is 5.54 Å². The molecular weight excluding hydrogens is 532 g/mol. The van der Waals surface area contributed by atoms with Crippen LogP contribution in [0, 0.1) is 6.92 Å². The SMILES string of the molecule is Cc1ccc(NC(=O)CN2CN(c3ccccc3)C3(CCN(C(=O)c4ccc(Br)cc4)CC3)C2=O)cc1.